The summed E-state index contributed by atoms with van der Waals surface area (Å²) in [6.07, 6.45) is 5.76. The summed E-state index contributed by atoms with van der Waals surface area (Å²) in [6, 6.07) is 11.0. The lowest BCUT2D eigenvalue weighted by atomic mass is 9.62. The largest absolute Gasteiger partial charge is 0.490 e. The van der Waals surface area contributed by atoms with Crippen molar-refractivity contribution in [2.75, 3.05) is 38.7 Å². The Morgan fingerprint density at radius 1 is 1.17 bits per heavy atom. The highest BCUT2D eigenvalue weighted by Crippen LogP contribution is 2.49. The number of amides is 2. The van der Waals surface area contributed by atoms with E-state index < -0.39 is 56.0 Å². The van der Waals surface area contributed by atoms with Gasteiger partial charge in [-0.25, -0.2) is 13.1 Å². The zero-order valence-corrected chi connectivity index (χ0v) is 29.6. The molecule has 1 fully saturated rings. The number of hydrogen-bond donors (Lipinski definition) is 3. The first-order valence-electron chi connectivity index (χ1n) is 16.8. The predicted molar refractivity (Wildman–Crippen MR) is 185 cm³/mol. The summed E-state index contributed by atoms with van der Waals surface area (Å²) in [5, 5.41) is 23.4. The van der Waals surface area contributed by atoms with Crippen molar-refractivity contribution in [3.05, 3.63) is 70.3 Å². The zero-order valence-electron chi connectivity index (χ0n) is 28.0. The molecule has 0 unspecified atom stereocenters. The maximum absolute atomic E-state index is 13.5. The monoisotopic (exact) mass is 699 g/mol. The molecule has 1 saturated carbocycles. The van der Waals surface area contributed by atoms with E-state index in [1.54, 1.807) is 31.2 Å². The highest BCUT2D eigenvalue weighted by atomic mass is 35.5. The van der Waals surface area contributed by atoms with Crippen LogP contribution >= 0.6 is 11.6 Å². The molecule has 6 rings (SSSR count). The lowest BCUT2D eigenvalue weighted by Gasteiger charge is -2.50. The number of fused-ring (bicyclic) bond motifs is 4. The second kappa shape index (κ2) is 13.0. The van der Waals surface area contributed by atoms with Crippen LogP contribution in [0, 0.1) is 17.8 Å². The van der Waals surface area contributed by atoms with Crippen LogP contribution in [0.4, 0.5) is 5.69 Å². The highest BCUT2D eigenvalue weighted by molar-refractivity contribution is 7.90. The Labute approximate surface area is 288 Å². The van der Waals surface area contributed by atoms with Gasteiger partial charge >= 0.3 is 0 Å². The summed E-state index contributed by atoms with van der Waals surface area (Å²) in [4.78, 5) is 30.1. The highest BCUT2D eigenvalue weighted by Gasteiger charge is 2.53. The number of carbonyl (C=O) groups excluding carboxylic acids is 2. The lowest BCUT2D eigenvalue weighted by molar-refractivity contribution is -0.163. The third kappa shape index (κ3) is 6.23. The molecule has 7 atom stereocenters. The van der Waals surface area contributed by atoms with Gasteiger partial charge in [0.2, 0.25) is 10.0 Å². The summed E-state index contributed by atoms with van der Waals surface area (Å²) >= 11 is 6.41. The number of halogens is 1. The van der Waals surface area contributed by atoms with Gasteiger partial charge in [0.15, 0.2) is 6.10 Å². The van der Waals surface area contributed by atoms with E-state index in [4.69, 9.17) is 16.3 Å². The Morgan fingerprint density at radius 2 is 1.94 bits per heavy atom. The number of nitrogens with one attached hydrogen (secondary N) is 1. The number of aliphatic hydroxyl groups excluding tert-OH is 1. The van der Waals surface area contributed by atoms with Crippen molar-refractivity contribution in [3.63, 3.8) is 0 Å². The van der Waals surface area contributed by atoms with Crippen molar-refractivity contribution in [1.29, 1.82) is 0 Å². The number of hydrogen-bond acceptors (Lipinski definition) is 8. The average Bonchev–Trinajstić information content (AvgIpc) is 3.17. The van der Waals surface area contributed by atoms with Gasteiger partial charge in [-0.05, 0) is 105 Å². The Morgan fingerprint density at radius 3 is 2.65 bits per heavy atom. The van der Waals surface area contributed by atoms with Gasteiger partial charge in [0.1, 0.15) is 11.4 Å². The van der Waals surface area contributed by atoms with Gasteiger partial charge in [-0.2, -0.15) is 0 Å². The van der Waals surface area contributed by atoms with Gasteiger partial charge < -0.3 is 24.7 Å². The van der Waals surface area contributed by atoms with Gasteiger partial charge in [-0.3, -0.25) is 9.59 Å². The number of nitrogens with zero attached hydrogens (tertiary/aromatic N) is 2. The summed E-state index contributed by atoms with van der Waals surface area (Å²) in [5.74, 6) is -1.75. The Bertz CT molecular complexity index is 1730. The molecule has 0 aromatic heterocycles. The Balaban J connectivity index is 1.47. The SMILES string of the molecule is C[C@@H]1[C@@H](C)C/C=C\[C@](O)([C@H](O)C(=O)N(C)C)[C@@H]2CC[C@H]2CN2C[C@@]3(CCCc4cc(Cl)ccc43)COc3ccc(cc32)C(=O)NS1(=O)=O. The first-order valence-corrected chi connectivity index (χ1v) is 18.7. The number of benzene rings is 2. The third-order valence-electron chi connectivity index (χ3n) is 11.3. The topological polar surface area (TPSA) is 136 Å². The fourth-order valence-corrected chi connectivity index (χ4v) is 9.52. The molecule has 2 heterocycles. The van der Waals surface area contributed by atoms with E-state index in [0.29, 0.717) is 42.6 Å². The minimum Gasteiger partial charge on any atom is -0.490 e. The first-order chi connectivity index (χ1) is 22.6. The van der Waals surface area contributed by atoms with Crippen molar-refractivity contribution in [1.82, 2.24) is 9.62 Å². The molecule has 48 heavy (non-hydrogen) atoms. The van der Waals surface area contributed by atoms with E-state index in [1.165, 1.54) is 43.1 Å². The normalized spacial score (nSPS) is 32.7. The van der Waals surface area contributed by atoms with Gasteiger partial charge in [0.25, 0.3) is 11.8 Å². The second-order valence-electron chi connectivity index (χ2n) is 14.6. The fraction of sp³-hybridized carbons (Fsp3) is 0.556. The number of anilines is 1. The molecular formula is C36H46ClN3O7S. The van der Waals surface area contributed by atoms with Crippen LogP contribution in [-0.2, 0) is 26.7 Å². The van der Waals surface area contributed by atoms with Crippen LogP contribution in [0.3, 0.4) is 0 Å². The summed E-state index contributed by atoms with van der Waals surface area (Å²) in [5.41, 5.74) is 0.917. The van der Waals surface area contributed by atoms with E-state index in [2.05, 4.69) is 15.7 Å². The number of ether oxygens (including phenoxy) is 1. The smallest absolute Gasteiger partial charge is 0.264 e. The van der Waals surface area contributed by atoms with Crippen LogP contribution in [0.2, 0.25) is 5.02 Å². The number of aliphatic hydroxyl groups is 2. The van der Waals surface area contributed by atoms with Crippen molar-refractivity contribution < 1.29 is 33.0 Å². The average molecular weight is 700 g/mol. The first kappa shape index (κ1) is 34.7. The summed E-state index contributed by atoms with van der Waals surface area (Å²) in [7, 11) is -1.00. The van der Waals surface area contributed by atoms with Crippen LogP contribution in [0.1, 0.15) is 67.4 Å². The molecule has 1 spiro atoms. The maximum Gasteiger partial charge on any atom is 0.264 e. The van der Waals surface area contributed by atoms with Crippen LogP contribution < -0.4 is 14.4 Å². The van der Waals surface area contributed by atoms with Gasteiger partial charge in [-0.1, -0.05) is 36.7 Å². The second-order valence-corrected chi connectivity index (χ2v) is 17.0. The van der Waals surface area contributed by atoms with Crippen LogP contribution in [-0.4, -0.2) is 86.1 Å². The van der Waals surface area contributed by atoms with Crippen molar-refractivity contribution in [2.45, 2.75) is 74.7 Å². The Kier molecular flexibility index (Phi) is 9.38. The molecule has 2 aromatic carbocycles. The van der Waals surface area contributed by atoms with Crippen LogP contribution in [0.5, 0.6) is 5.75 Å². The molecule has 4 aliphatic rings. The van der Waals surface area contributed by atoms with Gasteiger partial charge in [0, 0.05) is 43.2 Å². The van der Waals surface area contributed by atoms with E-state index in [9.17, 15) is 28.2 Å². The van der Waals surface area contributed by atoms with Gasteiger partial charge in [-0.15, -0.1) is 0 Å². The fourth-order valence-electron chi connectivity index (χ4n) is 8.04. The van der Waals surface area contributed by atoms with E-state index in [-0.39, 0.29) is 17.9 Å². The number of allylic oxidation sites excluding steroid dienone is 1. The zero-order chi connectivity index (χ0) is 34.6. The van der Waals surface area contributed by atoms with Crippen molar-refractivity contribution in [3.8, 4) is 5.75 Å². The maximum atomic E-state index is 13.5. The number of likely N-dealkylation sites (N-methyl/N-ethyl adjacent to an activating group) is 1. The molecule has 12 heteroatoms. The number of sulfonamides is 1. The number of rotatable bonds is 2. The molecule has 3 N–H and O–H groups in total. The molecular weight excluding hydrogens is 654 g/mol. The van der Waals surface area contributed by atoms with E-state index >= 15 is 0 Å². The summed E-state index contributed by atoms with van der Waals surface area (Å²) in [6.45, 7) is 4.69. The van der Waals surface area contributed by atoms with E-state index in [1.807, 2.05) is 12.1 Å². The number of carbonyl (C=O) groups is 2. The third-order valence-corrected chi connectivity index (χ3v) is 13.4. The van der Waals surface area contributed by atoms with Crippen LogP contribution in [0.25, 0.3) is 0 Å². The molecule has 2 aliphatic heterocycles. The minimum atomic E-state index is -4.08. The molecule has 2 aromatic rings. The quantitative estimate of drug-likeness (QED) is 0.400. The summed E-state index contributed by atoms with van der Waals surface area (Å²) < 4.78 is 35.6. The Hall–Kier alpha value is -3.12. The predicted octanol–water partition coefficient (Wildman–Crippen LogP) is 4.06. The van der Waals surface area contributed by atoms with Crippen molar-refractivity contribution in [2.24, 2.45) is 17.8 Å². The van der Waals surface area contributed by atoms with E-state index in [0.717, 1.165) is 25.7 Å². The molecule has 2 bridgehead atoms. The molecule has 2 aliphatic carbocycles. The molecule has 10 nitrogen and oxygen atoms in total. The van der Waals surface area contributed by atoms with Gasteiger partial charge in [0.05, 0.1) is 17.5 Å². The van der Waals surface area contributed by atoms with Crippen molar-refractivity contribution >= 4 is 39.1 Å². The molecule has 260 valence electrons. The minimum absolute atomic E-state index is 0.109. The standard InChI is InChI=1S/C36H46ClN3O7S/c1-22-7-5-16-36(44,32(41)34(43)39(3)4)29-12-9-26(29)19-40-20-35(15-6-8-24-17-27(37)11-13-28(24)35)21-47-31-14-10-25(18-30(31)40)33(42)38-48(45,46)23(22)2/h5,10-11,13-14,16-18,22-23,26,29,32,41,44H,6-9,12,15,19-21H2,1-4H3,(H,38,42)/b16-5-/t22-,23+,26-,29+,32+,35-,36+/m0/s1. The number of aryl methyl sites for hydroxylation is 1. The van der Waals surface area contributed by atoms with Crippen LogP contribution in [0.15, 0.2) is 48.6 Å². The molecule has 2 amide bonds. The molecule has 0 radical (unpaired) electrons. The molecule has 0 saturated heterocycles. The lowest BCUT2D eigenvalue weighted by Crippen LogP contribution is -2.60.